The van der Waals surface area contributed by atoms with E-state index >= 15 is 0 Å². The average molecular weight is 204 g/mol. The molecule has 0 saturated carbocycles. The van der Waals surface area contributed by atoms with Crippen molar-refractivity contribution in [2.24, 2.45) is 0 Å². The molecular formula is C7H8O7. The summed E-state index contributed by atoms with van der Waals surface area (Å²) in [4.78, 5) is 32.3. The zero-order valence-electron chi connectivity index (χ0n) is 7.22. The largest absolute Gasteiger partial charge is 0.478 e. The first-order valence-electron chi connectivity index (χ1n) is 3.65. The van der Waals surface area contributed by atoms with Crippen LogP contribution in [-0.2, 0) is 23.9 Å². The molecule has 0 aliphatic carbocycles. The SMILES string of the molecule is COC(=O)[C@@]1(O)CC(=O)O[C@@H]1C(=O)O. The van der Waals surface area contributed by atoms with Gasteiger partial charge in [-0.25, -0.2) is 9.59 Å². The number of carboxylic acids is 1. The van der Waals surface area contributed by atoms with Crippen LogP contribution >= 0.6 is 0 Å². The highest BCUT2D eigenvalue weighted by Gasteiger charge is 2.58. The Hall–Kier alpha value is -1.63. The van der Waals surface area contributed by atoms with Crippen molar-refractivity contribution < 1.29 is 34.1 Å². The number of cyclic esters (lactones) is 1. The standard InChI is InChI=1S/C7H8O7/c1-13-6(11)7(12)2-3(8)14-4(7)5(9)10/h4,12H,2H2,1H3,(H,9,10)/t4-,7-/m1/s1. The van der Waals surface area contributed by atoms with E-state index in [9.17, 15) is 19.5 Å². The average Bonchev–Trinajstić information content (AvgIpc) is 2.41. The molecule has 7 nitrogen and oxygen atoms in total. The van der Waals surface area contributed by atoms with Crippen molar-refractivity contribution in [2.75, 3.05) is 7.11 Å². The van der Waals surface area contributed by atoms with Crippen LogP contribution in [-0.4, -0.2) is 46.9 Å². The summed E-state index contributed by atoms with van der Waals surface area (Å²) in [6.07, 6.45) is -2.61. The van der Waals surface area contributed by atoms with Gasteiger partial charge in [-0.05, 0) is 0 Å². The molecule has 1 aliphatic rings. The van der Waals surface area contributed by atoms with Gasteiger partial charge in [0.05, 0.1) is 13.5 Å². The molecule has 0 aromatic rings. The van der Waals surface area contributed by atoms with Crippen molar-refractivity contribution >= 4 is 17.9 Å². The summed E-state index contributed by atoms with van der Waals surface area (Å²) in [6, 6.07) is 0. The second kappa shape index (κ2) is 3.26. The maximum absolute atomic E-state index is 11.0. The van der Waals surface area contributed by atoms with Crippen molar-refractivity contribution in [2.45, 2.75) is 18.1 Å². The van der Waals surface area contributed by atoms with Gasteiger partial charge in [0.15, 0.2) is 0 Å². The van der Waals surface area contributed by atoms with Gasteiger partial charge in [0.2, 0.25) is 11.7 Å². The molecule has 2 atom stereocenters. The Balaban J connectivity index is 3.00. The number of aliphatic carboxylic acids is 1. The molecule has 0 bridgehead atoms. The molecule has 7 heteroatoms. The summed E-state index contributed by atoms with van der Waals surface area (Å²) >= 11 is 0. The Morgan fingerprint density at radius 3 is 2.64 bits per heavy atom. The molecular weight excluding hydrogens is 196 g/mol. The Bertz CT molecular complexity index is 296. The fourth-order valence-corrected chi connectivity index (χ4v) is 1.19. The molecule has 0 radical (unpaired) electrons. The molecule has 0 aromatic carbocycles. The predicted octanol–water partition coefficient (Wildman–Crippen LogP) is -1.71. The second-order valence-corrected chi connectivity index (χ2v) is 2.80. The summed E-state index contributed by atoms with van der Waals surface area (Å²) < 4.78 is 8.45. The topological polar surface area (TPSA) is 110 Å². The fourth-order valence-electron chi connectivity index (χ4n) is 1.19. The molecule has 78 valence electrons. The number of aliphatic hydroxyl groups is 1. The third kappa shape index (κ3) is 1.41. The van der Waals surface area contributed by atoms with E-state index in [-0.39, 0.29) is 0 Å². The van der Waals surface area contributed by atoms with Crippen LogP contribution in [0.3, 0.4) is 0 Å². The summed E-state index contributed by atoms with van der Waals surface area (Å²) in [7, 11) is 0.974. The Labute approximate surface area is 78.2 Å². The van der Waals surface area contributed by atoms with E-state index < -0.39 is 36.0 Å². The van der Waals surface area contributed by atoms with E-state index in [0.29, 0.717) is 0 Å². The molecule has 1 heterocycles. The molecule has 1 rings (SSSR count). The van der Waals surface area contributed by atoms with Gasteiger partial charge in [-0.15, -0.1) is 0 Å². The Morgan fingerprint density at radius 2 is 2.21 bits per heavy atom. The van der Waals surface area contributed by atoms with Crippen LogP contribution in [0.5, 0.6) is 0 Å². The number of ether oxygens (including phenoxy) is 2. The highest BCUT2D eigenvalue weighted by Crippen LogP contribution is 2.28. The van der Waals surface area contributed by atoms with Gasteiger partial charge < -0.3 is 19.7 Å². The van der Waals surface area contributed by atoms with Crippen molar-refractivity contribution in [3.63, 3.8) is 0 Å². The summed E-state index contributed by atoms with van der Waals surface area (Å²) in [5.74, 6) is -3.75. The molecule has 0 unspecified atom stereocenters. The highest BCUT2D eigenvalue weighted by atomic mass is 16.6. The number of hydrogen-bond donors (Lipinski definition) is 2. The molecule has 1 saturated heterocycles. The quantitative estimate of drug-likeness (QED) is 0.515. The summed E-state index contributed by atoms with van der Waals surface area (Å²) in [5.41, 5.74) is -2.42. The monoisotopic (exact) mass is 204 g/mol. The maximum atomic E-state index is 11.0. The van der Waals surface area contributed by atoms with Crippen LogP contribution in [0, 0.1) is 0 Å². The predicted molar refractivity (Wildman–Crippen MR) is 39.1 cm³/mol. The number of carbonyl (C=O) groups is 3. The smallest absolute Gasteiger partial charge is 0.348 e. The zero-order valence-corrected chi connectivity index (χ0v) is 7.22. The van der Waals surface area contributed by atoms with Gasteiger partial charge in [0, 0.05) is 0 Å². The highest BCUT2D eigenvalue weighted by molar-refractivity contribution is 5.96. The van der Waals surface area contributed by atoms with Crippen LogP contribution < -0.4 is 0 Å². The van der Waals surface area contributed by atoms with Gasteiger partial charge in [0.1, 0.15) is 0 Å². The number of esters is 2. The van der Waals surface area contributed by atoms with Crippen molar-refractivity contribution in [3.05, 3.63) is 0 Å². The van der Waals surface area contributed by atoms with E-state index in [1.165, 1.54) is 0 Å². The third-order valence-electron chi connectivity index (χ3n) is 1.86. The third-order valence-corrected chi connectivity index (χ3v) is 1.86. The summed E-state index contributed by atoms with van der Waals surface area (Å²) in [5, 5.41) is 18.1. The number of hydrogen-bond acceptors (Lipinski definition) is 6. The Morgan fingerprint density at radius 1 is 1.64 bits per heavy atom. The minimum Gasteiger partial charge on any atom is -0.478 e. The second-order valence-electron chi connectivity index (χ2n) is 2.80. The van der Waals surface area contributed by atoms with Crippen LogP contribution in [0.2, 0.25) is 0 Å². The lowest BCUT2D eigenvalue weighted by atomic mass is 9.96. The molecule has 0 spiro atoms. The lowest BCUT2D eigenvalue weighted by Gasteiger charge is -2.20. The van der Waals surface area contributed by atoms with Crippen molar-refractivity contribution in [1.82, 2.24) is 0 Å². The first-order chi connectivity index (χ1) is 6.41. The minimum atomic E-state index is -2.42. The zero-order chi connectivity index (χ0) is 10.9. The lowest BCUT2D eigenvalue weighted by molar-refractivity contribution is -0.178. The van der Waals surface area contributed by atoms with E-state index in [1.807, 2.05) is 0 Å². The van der Waals surface area contributed by atoms with Gasteiger partial charge in [0.25, 0.3) is 0 Å². The molecule has 14 heavy (non-hydrogen) atoms. The van der Waals surface area contributed by atoms with Gasteiger partial charge in [-0.3, -0.25) is 4.79 Å². The number of methoxy groups -OCH3 is 1. The fraction of sp³-hybridized carbons (Fsp3) is 0.571. The molecule has 2 N–H and O–H groups in total. The summed E-state index contributed by atoms with van der Waals surface area (Å²) in [6.45, 7) is 0. The van der Waals surface area contributed by atoms with Gasteiger partial charge in [-0.2, -0.15) is 0 Å². The number of carbonyl (C=O) groups excluding carboxylic acids is 2. The first kappa shape index (κ1) is 10.5. The normalized spacial score (nSPS) is 31.0. The lowest BCUT2D eigenvalue weighted by Crippen LogP contribution is -2.50. The first-order valence-corrected chi connectivity index (χ1v) is 3.65. The maximum Gasteiger partial charge on any atom is 0.348 e. The van der Waals surface area contributed by atoms with Crippen molar-refractivity contribution in [1.29, 1.82) is 0 Å². The van der Waals surface area contributed by atoms with E-state index in [1.54, 1.807) is 0 Å². The Kier molecular flexibility index (Phi) is 2.43. The van der Waals surface area contributed by atoms with Crippen LogP contribution in [0.4, 0.5) is 0 Å². The van der Waals surface area contributed by atoms with E-state index in [2.05, 4.69) is 9.47 Å². The molecule has 0 aromatic heterocycles. The van der Waals surface area contributed by atoms with E-state index in [0.717, 1.165) is 7.11 Å². The van der Waals surface area contributed by atoms with E-state index in [4.69, 9.17) is 5.11 Å². The number of carboxylic acid groups (broad SMARTS) is 1. The number of rotatable bonds is 2. The minimum absolute atomic E-state index is 0.712. The van der Waals surface area contributed by atoms with Gasteiger partial charge in [-0.1, -0.05) is 0 Å². The molecule has 1 fully saturated rings. The van der Waals surface area contributed by atoms with Gasteiger partial charge >= 0.3 is 17.9 Å². The van der Waals surface area contributed by atoms with Crippen LogP contribution in [0.15, 0.2) is 0 Å². The molecule has 1 aliphatic heterocycles. The van der Waals surface area contributed by atoms with Crippen LogP contribution in [0.25, 0.3) is 0 Å². The van der Waals surface area contributed by atoms with Crippen LogP contribution in [0.1, 0.15) is 6.42 Å². The van der Waals surface area contributed by atoms with Crippen molar-refractivity contribution in [3.8, 4) is 0 Å². The molecule has 0 amide bonds.